The van der Waals surface area contributed by atoms with Crippen LogP contribution in [0.2, 0.25) is 5.02 Å². The second kappa shape index (κ2) is 10.2. The topological polar surface area (TPSA) is 149 Å². The molecule has 0 saturated heterocycles. The molecule has 2 amide bonds. The molecule has 0 unspecified atom stereocenters. The van der Waals surface area contributed by atoms with Crippen molar-refractivity contribution in [3.8, 4) is 11.3 Å². The van der Waals surface area contributed by atoms with Gasteiger partial charge in [0.05, 0.1) is 5.69 Å². The Hall–Kier alpha value is -4.09. The quantitative estimate of drug-likeness (QED) is 0.339. The first-order chi connectivity index (χ1) is 16.1. The van der Waals surface area contributed by atoms with E-state index in [1.54, 1.807) is 12.1 Å². The Bertz CT molecular complexity index is 1250. The van der Waals surface area contributed by atoms with Gasteiger partial charge in [0.1, 0.15) is 29.7 Å². The number of amides is 2. The van der Waals surface area contributed by atoms with E-state index in [9.17, 15) is 23.2 Å². The maximum Gasteiger partial charge on any atom is 0.334 e. The standard InChI is InChI=1S/C22H17ClF2N4O5/c23-13-5-1-4-11(12(13)10-34-21(32)18(26)20(30)31)16-8-3-9-17(28-16)29(22(27)33)19-14(24)6-2-7-15(19)25/h1-9,18H,10,26H2,(H2,27,33)(H,30,31)/t18-/m0/s1. The lowest BCUT2D eigenvalue weighted by Crippen LogP contribution is -2.39. The van der Waals surface area contributed by atoms with Gasteiger partial charge in [-0.3, -0.25) is 0 Å². The van der Waals surface area contributed by atoms with Crippen LogP contribution in [0.15, 0.2) is 54.6 Å². The first kappa shape index (κ1) is 24.6. The number of nitrogens with zero attached hydrogens (tertiary/aromatic N) is 2. The van der Waals surface area contributed by atoms with Gasteiger partial charge in [-0.1, -0.05) is 35.9 Å². The van der Waals surface area contributed by atoms with Gasteiger partial charge in [-0.05, 0) is 30.3 Å². The fraction of sp³-hybridized carbons (Fsp3) is 0.0909. The summed E-state index contributed by atoms with van der Waals surface area (Å²) in [4.78, 5) is 39.7. The van der Waals surface area contributed by atoms with Crippen molar-refractivity contribution >= 4 is 41.1 Å². The average molecular weight is 491 g/mol. The Morgan fingerprint density at radius 3 is 2.29 bits per heavy atom. The fourth-order valence-corrected chi connectivity index (χ4v) is 3.25. The number of aliphatic carboxylic acids is 1. The first-order valence-electron chi connectivity index (χ1n) is 9.55. The van der Waals surface area contributed by atoms with Crippen LogP contribution in [-0.2, 0) is 20.9 Å². The number of urea groups is 1. The van der Waals surface area contributed by atoms with Crippen molar-refractivity contribution in [2.75, 3.05) is 4.90 Å². The maximum atomic E-state index is 14.3. The Kier molecular flexibility index (Phi) is 7.39. The minimum atomic E-state index is -1.88. The second-order valence-electron chi connectivity index (χ2n) is 6.81. The predicted octanol–water partition coefficient (Wildman–Crippen LogP) is 3.35. The maximum absolute atomic E-state index is 14.3. The van der Waals surface area contributed by atoms with Crippen molar-refractivity contribution in [3.63, 3.8) is 0 Å². The Labute approximate surface area is 196 Å². The molecule has 12 heteroatoms. The van der Waals surface area contributed by atoms with Crippen LogP contribution in [0.4, 0.5) is 25.1 Å². The molecule has 176 valence electrons. The number of hydrogen-bond acceptors (Lipinski definition) is 6. The lowest BCUT2D eigenvalue weighted by molar-refractivity contribution is -0.154. The Morgan fingerprint density at radius 2 is 1.68 bits per heavy atom. The SMILES string of the molecule is NC(=O)N(c1cccc(-c2cccc(Cl)c2COC(=O)[C@@H](N)C(=O)O)n1)c1c(F)cccc1F. The summed E-state index contributed by atoms with van der Waals surface area (Å²) in [5, 5.41) is 9.00. The normalized spacial score (nSPS) is 11.5. The number of pyridine rings is 1. The van der Waals surface area contributed by atoms with E-state index in [0.717, 1.165) is 18.2 Å². The van der Waals surface area contributed by atoms with Crippen LogP contribution in [0, 0.1) is 11.6 Å². The molecule has 3 rings (SSSR count). The zero-order valence-electron chi connectivity index (χ0n) is 17.2. The fourth-order valence-electron chi connectivity index (χ4n) is 3.02. The first-order valence-corrected chi connectivity index (χ1v) is 9.93. The molecule has 0 radical (unpaired) electrons. The molecule has 9 nitrogen and oxygen atoms in total. The van der Waals surface area contributed by atoms with Gasteiger partial charge in [-0.15, -0.1) is 0 Å². The molecule has 1 atom stereocenters. The molecule has 5 N–H and O–H groups in total. The van der Waals surface area contributed by atoms with Gasteiger partial charge in [0, 0.05) is 16.1 Å². The number of halogens is 3. The molecular weight excluding hydrogens is 474 g/mol. The van der Waals surface area contributed by atoms with E-state index in [2.05, 4.69) is 4.98 Å². The summed E-state index contributed by atoms with van der Waals surface area (Å²) in [6, 6.07) is 8.92. The smallest absolute Gasteiger partial charge is 0.334 e. The summed E-state index contributed by atoms with van der Waals surface area (Å²) in [7, 11) is 0. The summed E-state index contributed by atoms with van der Waals surface area (Å²) < 4.78 is 33.7. The van der Waals surface area contributed by atoms with Gasteiger partial charge >= 0.3 is 18.0 Å². The molecule has 1 heterocycles. The summed E-state index contributed by atoms with van der Waals surface area (Å²) in [6.07, 6.45) is 0. The highest BCUT2D eigenvalue weighted by Crippen LogP contribution is 2.33. The van der Waals surface area contributed by atoms with Crippen molar-refractivity contribution in [1.82, 2.24) is 4.98 Å². The Balaban J connectivity index is 2.03. The molecule has 0 bridgehead atoms. The number of para-hydroxylation sites is 1. The van der Waals surface area contributed by atoms with E-state index in [1.165, 1.54) is 24.3 Å². The third-order valence-electron chi connectivity index (χ3n) is 4.62. The van der Waals surface area contributed by atoms with Crippen molar-refractivity contribution < 1.29 is 33.0 Å². The van der Waals surface area contributed by atoms with E-state index >= 15 is 0 Å². The number of hydrogen-bond donors (Lipinski definition) is 3. The molecule has 0 fully saturated rings. The molecule has 0 aliphatic heterocycles. The number of carbonyl (C=O) groups is 3. The van der Waals surface area contributed by atoms with Crippen LogP contribution in [-0.4, -0.2) is 34.1 Å². The second-order valence-corrected chi connectivity index (χ2v) is 7.22. The summed E-state index contributed by atoms with van der Waals surface area (Å²) in [5.41, 5.74) is 10.7. The highest BCUT2D eigenvalue weighted by atomic mass is 35.5. The number of primary amides is 1. The molecule has 1 aromatic heterocycles. The summed E-state index contributed by atoms with van der Waals surface area (Å²) in [6.45, 7) is -0.442. The number of carbonyl (C=O) groups excluding carboxylic acids is 2. The number of nitrogens with two attached hydrogens (primary N) is 2. The Morgan fingerprint density at radius 1 is 1.06 bits per heavy atom. The minimum absolute atomic E-state index is 0.160. The number of esters is 1. The van der Waals surface area contributed by atoms with E-state index in [4.69, 9.17) is 32.9 Å². The lowest BCUT2D eigenvalue weighted by atomic mass is 10.0. The number of anilines is 2. The van der Waals surface area contributed by atoms with E-state index in [0.29, 0.717) is 10.5 Å². The van der Waals surface area contributed by atoms with E-state index in [1.807, 2.05) is 0 Å². The molecule has 3 aromatic rings. The number of ether oxygens (including phenoxy) is 1. The molecule has 0 spiro atoms. The van der Waals surface area contributed by atoms with E-state index in [-0.39, 0.29) is 22.1 Å². The molecule has 34 heavy (non-hydrogen) atoms. The molecule has 0 aliphatic carbocycles. The summed E-state index contributed by atoms with van der Waals surface area (Å²) in [5.74, 6) is -5.00. The minimum Gasteiger partial charge on any atom is -0.480 e. The molecule has 2 aromatic carbocycles. The number of aromatic nitrogens is 1. The zero-order chi connectivity index (χ0) is 25.0. The third-order valence-corrected chi connectivity index (χ3v) is 4.97. The van der Waals surface area contributed by atoms with Crippen LogP contribution < -0.4 is 16.4 Å². The average Bonchev–Trinajstić information content (AvgIpc) is 2.79. The highest BCUT2D eigenvalue weighted by molar-refractivity contribution is 6.31. The number of carboxylic acids is 1. The molecular formula is C22H17ClF2N4O5. The van der Waals surface area contributed by atoms with Crippen molar-refractivity contribution in [2.45, 2.75) is 12.6 Å². The van der Waals surface area contributed by atoms with Gasteiger partial charge in [0.15, 0.2) is 0 Å². The van der Waals surface area contributed by atoms with Crippen molar-refractivity contribution in [1.29, 1.82) is 0 Å². The van der Waals surface area contributed by atoms with Gasteiger partial charge < -0.3 is 21.3 Å². The van der Waals surface area contributed by atoms with Gasteiger partial charge in [0.2, 0.25) is 6.04 Å². The molecule has 0 aliphatic rings. The van der Waals surface area contributed by atoms with Crippen LogP contribution in [0.3, 0.4) is 0 Å². The highest BCUT2D eigenvalue weighted by Gasteiger charge is 2.26. The zero-order valence-corrected chi connectivity index (χ0v) is 18.0. The van der Waals surface area contributed by atoms with Crippen LogP contribution in [0.1, 0.15) is 5.56 Å². The summed E-state index contributed by atoms with van der Waals surface area (Å²) >= 11 is 6.24. The molecule has 0 saturated carbocycles. The number of benzene rings is 2. The van der Waals surface area contributed by atoms with Crippen molar-refractivity contribution in [3.05, 3.63) is 76.8 Å². The largest absolute Gasteiger partial charge is 0.480 e. The van der Waals surface area contributed by atoms with Gasteiger partial charge in [0.25, 0.3) is 0 Å². The predicted molar refractivity (Wildman–Crippen MR) is 118 cm³/mol. The van der Waals surface area contributed by atoms with Gasteiger partial charge in [-0.25, -0.2) is 33.0 Å². The van der Waals surface area contributed by atoms with Crippen LogP contribution >= 0.6 is 11.6 Å². The monoisotopic (exact) mass is 490 g/mol. The number of carboxylic acid groups (broad SMARTS) is 1. The van der Waals surface area contributed by atoms with Crippen LogP contribution in [0.25, 0.3) is 11.3 Å². The van der Waals surface area contributed by atoms with Crippen LogP contribution in [0.5, 0.6) is 0 Å². The third kappa shape index (κ3) is 5.11. The van der Waals surface area contributed by atoms with E-state index < -0.39 is 47.9 Å². The number of rotatable bonds is 7. The van der Waals surface area contributed by atoms with Gasteiger partial charge in [-0.2, -0.15) is 0 Å². The lowest BCUT2D eigenvalue weighted by Gasteiger charge is -2.21. The van der Waals surface area contributed by atoms with Crippen molar-refractivity contribution in [2.24, 2.45) is 11.5 Å².